The Hall–Kier alpha value is -2.86. The van der Waals surface area contributed by atoms with Gasteiger partial charge in [-0.2, -0.15) is 0 Å². The predicted octanol–water partition coefficient (Wildman–Crippen LogP) is 9.35. The Morgan fingerprint density at radius 1 is 0.733 bits per heavy atom. The first-order valence-corrected chi connectivity index (χ1v) is 10.9. The Bertz CT molecular complexity index is 897. The van der Waals surface area contributed by atoms with E-state index in [0.717, 1.165) is 12.0 Å². The Balaban J connectivity index is 0.000000279. The zero-order chi connectivity index (χ0) is 22.6. The molecule has 3 aromatic rings. The lowest BCUT2D eigenvalue weighted by Gasteiger charge is -2.24. The van der Waals surface area contributed by atoms with Crippen molar-refractivity contribution in [2.75, 3.05) is 0 Å². The van der Waals surface area contributed by atoms with Gasteiger partial charge in [-0.15, -0.1) is 0 Å². The van der Waals surface area contributed by atoms with Gasteiger partial charge in [0.25, 0.3) is 0 Å². The topological polar surface area (TPSA) is 0 Å². The largest absolute Gasteiger partial charge is 0.0984 e. The van der Waals surface area contributed by atoms with Crippen LogP contribution in [0.2, 0.25) is 0 Å². The van der Waals surface area contributed by atoms with E-state index in [1.165, 1.54) is 27.8 Å². The molecule has 0 aromatic heterocycles. The molecule has 0 aliphatic heterocycles. The van der Waals surface area contributed by atoms with E-state index in [-0.39, 0.29) is 5.41 Å². The van der Waals surface area contributed by atoms with Crippen molar-refractivity contribution in [1.82, 2.24) is 0 Å². The maximum absolute atomic E-state index is 3.84. The van der Waals surface area contributed by atoms with Crippen molar-refractivity contribution in [2.24, 2.45) is 0 Å². The molecule has 0 aliphatic carbocycles. The van der Waals surface area contributed by atoms with Crippen molar-refractivity contribution in [2.45, 2.75) is 53.4 Å². The fourth-order valence-corrected chi connectivity index (χ4v) is 2.94. The summed E-state index contributed by atoms with van der Waals surface area (Å²) in [4.78, 5) is 0. The summed E-state index contributed by atoms with van der Waals surface area (Å²) in [6.45, 7) is 20.5. The molecule has 0 bridgehead atoms. The van der Waals surface area contributed by atoms with Gasteiger partial charge in [-0.05, 0) is 46.6 Å². The average molecular weight is 399 g/mol. The summed E-state index contributed by atoms with van der Waals surface area (Å²) < 4.78 is 0. The van der Waals surface area contributed by atoms with Crippen LogP contribution in [0.3, 0.4) is 0 Å². The zero-order valence-electron chi connectivity index (χ0n) is 19.7. The zero-order valence-corrected chi connectivity index (χ0v) is 19.7. The molecule has 0 heterocycles. The van der Waals surface area contributed by atoms with Gasteiger partial charge >= 0.3 is 0 Å². The van der Waals surface area contributed by atoms with Crippen molar-refractivity contribution in [3.63, 3.8) is 0 Å². The monoisotopic (exact) mass is 398 g/mol. The molecule has 30 heavy (non-hydrogen) atoms. The van der Waals surface area contributed by atoms with E-state index in [9.17, 15) is 0 Å². The van der Waals surface area contributed by atoms with Crippen LogP contribution in [0, 0.1) is 6.92 Å². The van der Waals surface area contributed by atoms with Gasteiger partial charge < -0.3 is 0 Å². The molecule has 0 heteroatoms. The molecule has 0 amide bonds. The van der Waals surface area contributed by atoms with Gasteiger partial charge in [-0.25, -0.2) is 0 Å². The van der Waals surface area contributed by atoms with Crippen LogP contribution in [0.15, 0.2) is 86.0 Å². The molecule has 0 radical (unpaired) electrons. The molecule has 0 N–H and O–H groups in total. The second-order valence-electron chi connectivity index (χ2n) is 7.72. The molecular formula is C30H38. The minimum absolute atomic E-state index is 0.234. The van der Waals surface area contributed by atoms with Gasteiger partial charge in [-0.3, -0.25) is 0 Å². The molecule has 3 aromatic carbocycles. The van der Waals surface area contributed by atoms with E-state index in [1.807, 2.05) is 32.1 Å². The molecule has 0 saturated heterocycles. The highest BCUT2D eigenvalue weighted by atomic mass is 14.2. The van der Waals surface area contributed by atoms with Crippen LogP contribution in [0.25, 0.3) is 23.3 Å². The third-order valence-corrected chi connectivity index (χ3v) is 5.35. The fourth-order valence-electron chi connectivity index (χ4n) is 2.94. The first kappa shape index (κ1) is 25.2. The maximum Gasteiger partial charge on any atom is -0.0106 e. The first-order chi connectivity index (χ1) is 14.4. The summed E-state index contributed by atoms with van der Waals surface area (Å²) in [6, 6.07) is 25.6. The SMILES string of the molecule is C=Cc1ccc(C(C)(C)CC)cc1C=C.CC.Cc1ccc(-c2ccccc2)cc1. The van der Waals surface area contributed by atoms with E-state index in [1.54, 1.807) is 0 Å². The Kier molecular flexibility index (Phi) is 10.6. The molecule has 0 saturated carbocycles. The number of hydrogen-bond acceptors (Lipinski definition) is 0. The Labute approximate surface area is 185 Å². The van der Waals surface area contributed by atoms with Gasteiger partial charge in [0, 0.05) is 0 Å². The smallest absolute Gasteiger partial charge is 0.0106 e. The third-order valence-electron chi connectivity index (χ3n) is 5.35. The molecule has 3 rings (SSSR count). The quantitative estimate of drug-likeness (QED) is 0.401. The molecule has 0 aliphatic rings. The lowest BCUT2D eigenvalue weighted by molar-refractivity contribution is 0.506. The van der Waals surface area contributed by atoms with Crippen LogP contribution in [0.4, 0.5) is 0 Å². The van der Waals surface area contributed by atoms with Crippen LogP contribution >= 0.6 is 0 Å². The molecule has 158 valence electrons. The van der Waals surface area contributed by atoms with Gasteiger partial charge in [0.05, 0.1) is 0 Å². The summed E-state index contributed by atoms with van der Waals surface area (Å²) in [5, 5.41) is 0. The van der Waals surface area contributed by atoms with Gasteiger partial charge in [0.15, 0.2) is 0 Å². The molecular weight excluding hydrogens is 360 g/mol. The predicted molar refractivity (Wildman–Crippen MR) is 138 cm³/mol. The minimum Gasteiger partial charge on any atom is -0.0984 e. The number of rotatable bonds is 5. The van der Waals surface area contributed by atoms with Gasteiger partial charge in [0.1, 0.15) is 0 Å². The average Bonchev–Trinajstić information content (AvgIpc) is 2.81. The van der Waals surface area contributed by atoms with Crippen LogP contribution in [-0.4, -0.2) is 0 Å². The second-order valence-corrected chi connectivity index (χ2v) is 7.72. The van der Waals surface area contributed by atoms with E-state index < -0.39 is 0 Å². The van der Waals surface area contributed by atoms with Crippen molar-refractivity contribution in [3.05, 3.63) is 108 Å². The number of aryl methyl sites for hydroxylation is 1. The lowest BCUT2D eigenvalue weighted by Crippen LogP contribution is -2.15. The molecule has 0 fully saturated rings. The highest BCUT2D eigenvalue weighted by molar-refractivity contribution is 5.65. The Morgan fingerprint density at radius 3 is 1.77 bits per heavy atom. The Morgan fingerprint density at radius 2 is 1.27 bits per heavy atom. The standard InChI is InChI=1S/C15H20.C13H12.C2H6/c1-6-12-9-10-14(11-13(12)7-2)15(4,5)8-3;1-11-7-9-13(10-8-11)12-5-3-2-4-6-12;1-2/h6-7,9-11H,1-2,8H2,3-5H3;2-10H,1H3;1-2H3. The summed E-state index contributed by atoms with van der Waals surface area (Å²) in [6.07, 6.45) is 4.91. The number of hydrogen-bond donors (Lipinski definition) is 0. The van der Waals surface area contributed by atoms with Gasteiger partial charge in [-0.1, -0.05) is 138 Å². The van der Waals surface area contributed by atoms with Crippen LogP contribution in [0.5, 0.6) is 0 Å². The van der Waals surface area contributed by atoms with E-state index >= 15 is 0 Å². The van der Waals surface area contributed by atoms with Gasteiger partial charge in [0.2, 0.25) is 0 Å². The van der Waals surface area contributed by atoms with E-state index in [2.05, 4.69) is 108 Å². The van der Waals surface area contributed by atoms with Crippen molar-refractivity contribution in [3.8, 4) is 11.1 Å². The highest BCUT2D eigenvalue weighted by Crippen LogP contribution is 2.29. The van der Waals surface area contributed by atoms with Crippen molar-refractivity contribution >= 4 is 12.2 Å². The van der Waals surface area contributed by atoms with Crippen molar-refractivity contribution < 1.29 is 0 Å². The molecule has 0 spiro atoms. The van der Waals surface area contributed by atoms with Crippen LogP contribution in [-0.2, 0) is 5.41 Å². The van der Waals surface area contributed by atoms with Crippen molar-refractivity contribution in [1.29, 1.82) is 0 Å². The maximum atomic E-state index is 3.84. The first-order valence-electron chi connectivity index (χ1n) is 10.9. The number of benzene rings is 3. The third kappa shape index (κ3) is 7.19. The summed E-state index contributed by atoms with van der Waals surface area (Å²) in [5.41, 5.74) is 7.79. The highest BCUT2D eigenvalue weighted by Gasteiger charge is 2.18. The minimum atomic E-state index is 0.234. The lowest BCUT2D eigenvalue weighted by atomic mass is 9.81. The molecule has 0 atom stereocenters. The van der Waals surface area contributed by atoms with Crippen LogP contribution in [0.1, 0.15) is 63.3 Å². The van der Waals surface area contributed by atoms with E-state index in [4.69, 9.17) is 0 Å². The summed E-state index contributed by atoms with van der Waals surface area (Å²) in [7, 11) is 0. The van der Waals surface area contributed by atoms with Crippen LogP contribution < -0.4 is 0 Å². The second kappa shape index (κ2) is 12.6. The molecule has 0 unspecified atom stereocenters. The summed E-state index contributed by atoms with van der Waals surface area (Å²) in [5.74, 6) is 0. The normalized spacial score (nSPS) is 10.1. The van der Waals surface area contributed by atoms with E-state index in [0.29, 0.717) is 0 Å². The fraction of sp³-hybridized carbons (Fsp3) is 0.267. The molecule has 0 nitrogen and oxygen atoms in total. The summed E-state index contributed by atoms with van der Waals surface area (Å²) >= 11 is 0.